The van der Waals surface area contributed by atoms with Crippen LogP contribution in [0.3, 0.4) is 0 Å². The van der Waals surface area contributed by atoms with Crippen molar-refractivity contribution in [2.24, 2.45) is 4.99 Å². The van der Waals surface area contributed by atoms with Gasteiger partial charge in [-0.1, -0.05) is 18.2 Å². The fraction of sp³-hybridized carbons (Fsp3) is 0.308. The van der Waals surface area contributed by atoms with Crippen molar-refractivity contribution < 1.29 is 0 Å². The Morgan fingerprint density at radius 2 is 2.20 bits per heavy atom. The fourth-order valence-electron chi connectivity index (χ4n) is 2.32. The molecule has 76 valence electrons. The van der Waals surface area contributed by atoms with Gasteiger partial charge in [0.05, 0.1) is 0 Å². The van der Waals surface area contributed by atoms with Gasteiger partial charge in [-0.05, 0) is 24.5 Å². The molecule has 1 aromatic carbocycles. The summed E-state index contributed by atoms with van der Waals surface area (Å²) >= 11 is 0. The zero-order valence-electron chi connectivity index (χ0n) is 8.61. The maximum atomic E-state index is 4.38. The molecule has 1 N–H and O–H groups in total. The van der Waals surface area contributed by atoms with Crippen molar-refractivity contribution in [1.29, 1.82) is 0 Å². The van der Waals surface area contributed by atoms with Gasteiger partial charge < -0.3 is 4.98 Å². The number of nitrogens with zero attached hydrogens (tertiary/aromatic N) is 1. The average molecular weight is 198 g/mol. The number of aromatic nitrogens is 1. The van der Waals surface area contributed by atoms with E-state index in [2.05, 4.69) is 46.7 Å². The highest BCUT2D eigenvalue weighted by atomic mass is 14.7. The Hall–Kier alpha value is -1.57. The topological polar surface area (TPSA) is 28.1 Å². The molecule has 1 aliphatic heterocycles. The van der Waals surface area contributed by atoms with E-state index in [1.54, 1.807) is 0 Å². The fourth-order valence-corrected chi connectivity index (χ4v) is 2.32. The number of H-pyrrole nitrogens is 1. The summed E-state index contributed by atoms with van der Waals surface area (Å²) in [6.07, 6.45) is 6.68. The van der Waals surface area contributed by atoms with E-state index in [1.165, 1.54) is 29.3 Å². The molecule has 0 saturated carbocycles. The lowest BCUT2D eigenvalue weighted by Crippen LogP contribution is -2.06. The smallest absolute Gasteiger partial charge is 0.0457 e. The highest BCUT2D eigenvalue weighted by Gasteiger charge is 2.15. The number of rotatable bonds is 1. The molecule has 3 rings (SSSR count). The third-order valence-electron chi connectivity index (χ3n) is 3.11. The molecular formula is C13H14N2. The molecule has 2 heteroatoms. The summed E-state index contributed by atoms with van der Waals surface area (Å²) in [6, 6.07) is 8.47. The zero-order chi connectivity index (χ0) is 10.1. The average Bonchev–Trinajstić information content (AvgIpc) is 2.74. The monoisotopic (exact) mass is 198 g/mol. The van der Waals surface area contributed by atoms with Crippen LogP contribution in [0.1, 0.15) is 24.3 Å². The maximum Gasteiger partial charge on any atom is 0.0457 e. The highest BCUT2D eigenvalue weighted by Crippen LogP contribution is 2.28. The molecule has 0 bridgehead atoms. The number of hydrogen-bond donors (Lipinski definition) is 1. The molecular weight excluding hydrogens is 184 g/mol. The predicted molar refractivity (Wildman–Crippen MR) is 63.6 cm³/mol. The molecule has 2 aromatic rings. The second-order valence-electron chi connectivity index (χ2n) is 4.09. The van der Waals surface area contributed by atoms with E-state index in [9.17, 15) is 0 Å². The molecule has 0 saturated heterocycles. The van der Waals surface area contributed by atoms with Crippen molar-refractivity contribution in [3.05, 3.63) is 36.0 Å². The predicted octanol–water partition coefficient (Wildman–Crippen LogP) is 3.12. The molecule has 0 spiro atoms. The van der Waals surface area contributed by atoms with Crippen molar-refractivity contribution in [1.82, 2.24) is 4.98 Å². The standard InChI is InChI=1S/C13H14N2/c1-2-6-13-11(5-1)12(9-15-13)10-4-3-7-14-8-10/h1-2,5-6,8-10,15H,3-4,7H2. The van der Waals surface area contributed by atoms with Gasteiger partial charge in [-0.25, -0.2) is 0 Å². The number of aromatic amines is 1. The molecule has 0 aliphatic carbocycles. The van der Waals surface area contributed by atoms with Gasteiger partial charge in [-0.15, -0.1) is 0 Å². The highest BCUT2D eigenvalue weighted by molar-refractivity contribution is 5.87. The molecule has 0 amide bonds. The van der Waals surface area contributed by atoms with Crippen LogP contribution < -0.4 is 0 Å². The van der Waals surface area contributed by atoms with E-state index in [0.717, 1.165) is 6.54 Å². The van der Waals surface area contributed by atoms with Gasteiger partial charge in [0.1, 0.15) is 0 Å². The Morgan fingerprint density at radius 1 is 1.27 bits per heavy atom. The van der Waals surface area contributed by atoms with Gasteiger partial charge in [0, 0.05) is 35.8 Å². The van der Waals surface area contributed by atoms with Crippen LogP contribution in [0.2, 0.25) is 0 Å². The number of para-hydroxylation sites is 1. The van der Waals surface area contributed by atoms with E-state index >= 15 is 0 Å². The largest absolute Gasteiger partial charge is 0.361 e. The molecule has 0 fully saturated rings. The van der Waals surface area contributed by atoms with Crippen molar-refractivity contribution >= 4 is 17.1 Å². The quantitative estimate of drug-likeness (QED) is 0.729. The molecule has 1 aromatic heterocycles. The third-order valence-corrected chi connectivity index (χ3v) is 3.11. The van der Waals surface area contributed by atoms with Crippen molar-refractivity contribution in [2.45, 2.75) is 18.8 Å². The number of fused-ring (bicyclic) bond motifs is 1. The van der Waals surface area contributed by atoms with Gasteiger partial charge in [0.2, 0.25) is 0 Å². The van der Waals surface area contributed by atoms with Crippen LogP contribution in [-0.2, 0) is 0 Å². The lowest BCUT2D eigenvalue weighted by atomic mass is 9.93. The summed E-state index contributed by atoms with van der Waals surface area (Å²) in [7, 11) is 0. The summed E-state index contributed by atoms with van der Waals surface area (Å²) < 4.78 is 0. The van der Waals surface area contributed by atoms with E-state index in [4.69, 9.17) is 0 Å². The first-order valence-corrected chi connectivity index (χ1v) is 5.51. The van der Waals surface area contributed by atoms with Gasteiger partial charge in [-0.3, -0.25) is 4.99 Å². The summed E-state index contributed by atoms with van der Waals surface area (Å²) in [6.45, 7) is 0.999. The molecule has 1 unspecified atom stereocenters. The van der Waals surface area contributed by atoms with E-state index in [1.807, 2.05) is 0 Å². The van der Waals surface area contributed by atoms with Crippen LogP contribution in [0, 0.1) is 0 Å². The van der Waals surface area contributed by atoms with Crippen LogP contribution in [0.4, 0.5) is 0 Å². The first-order chi connectivity index (χ1) is 7.45. The first-order valence-electron chi connectivity index (χ1n) is 5.51. The third kappa shape index (κ3) is 1.46. The van der Waals surface area contributed by atoms with Crippen LogP contribution >= 0.6 is 0 Å². The Labute approximate surface area is 89.0 Å². The second kappa shape index (κ2) is 3.54. The molecule has 15 heavy (non-hydrogen) atoms. The Kier molecular flexibility index (Phi) is 2.05. The van der Waals surface area contributed by atoms with E-state index in [-0.39, 0.29) is 0 Å². The first kappa shape index (κ1) is 8.72. The number of benzene rings is 1. The maximum absolute atomic E-state index is 4.38. The minimum absolute atomic E-state index is 0.509. The number of hydrogen-bond acceptors (Lipinski definition) is 1. The normalized spacial score (nSPS) is 20.9. The van der Waals surface area contributed by atoms with Crippen molar-refractivity contribution in [2.75, 3.05) is 6.54 Å². The Balaban J connectivity index is 2.10. The van der Waals surface area contributed by atoms with Crippen LogP contribution in [0.5, 0.6) is 0 Å². The van der Waals surface area contributed by atoms with Crippen molar-refractivity contribution in [3.8, 4) is 0 Å². The molecule has 2 nitrogen and oxygen atoms in total. The van der Waals surface area contributed by atoms with Gasteiger partial charge in [0.15, 0.2) is 0 Å². The van der Waals surface area contributed by atoms with E-state index in [0.29, 0.717) is 5.92 Å². The van der Waals surface area contributed by atoms with Crippen molar-refractivity contribution in [3.63, 3.8) is 0 Å². The lowest BCUT2D eigenvalue weighted by Gasteiger charge is -2.14. The van der Waals surface area contributed by atoms with Crippen LogP contribution in [0.15, 0.2) is 35.5 Å². The van der Waals surface area contributed by atoms with Gasteiger partial charge >= 0.3 is 0 Å². The number of nitrogens with one attached hydrogen (secondary N) is 1. The molecule has 0 radical (unpaired) electrons. The minimum Gasteiger partial charge on any atom is -0.361 e. The second-order valence-corrected chi connectivity index (χ2v) is 4.09. The Morgan fingerprint density at radius 3 is 3.07 bits per heavy atom. The number of aliphatic imine (C=N–C) groups is 1. The minimum atomic E-state index is 0.509. The molecule has 1 aliphatic rings. The Bertz CT molecular complexity index is 496. The van der Waals surface area contributed by atoms with Crippen LogP contribution in [-0.4, -0.2) is 17.7 Å². The van der Waals surface area contributed by atoms with Gasteiger partial charge in [0.25, 0.3) is 0 Å². The molecule has 1 atom stereocenters. The summed E-state index contributed by atoms with van der Waals surface area (Å²) in [5.74, 6) is 0.509. The van der Waals surface area contributed by atoms with E-state index < -0.39 is 0 Å². The molecule has 2 heterocycles. The SMILES string of the molecule is C1=NCCCC1c1c[nH]c2ccccc12. The van der Waals surface area contributed by atoms with Gasteiger partial charge in [-0.2, -0.15) is 0 Å². The summed E-state index contributed by atoms with van der Waals surface area (Å²) in [5, 5.41) is 1.34. The summed E-state index contributed by atoms with van der Waals surface area (Å²) in [5.41, 5.74) is 2.63. The zero-order valence-corrected chi connectivity index (χ0v) is 8.61. The van der Waals surface area contributed by atoms with Crippen LogP contribution in [0.25, 0.3) is 10.9 Å². The summed E-state index contributed by atoms with van der Waals surface area (Å²) in [4.78, 5) is 7.71. The lowest BCUT2D eigenvalue weighted by molar-refractivity contribution is 0.686.